The average molecular weight is 295 g/mol. The Labute approximate surface area is 123 Å². The molecule has 1 fully saturated rings. The minimum Gasteiger partial charge on any atom is -0.355 e. The summed E-state index contributed by atoms with van der Waals surface area (Å²) in [7, 11) is 0. The summed E-state index contributed by atoms with van der Waals surface area (Å²) < 4.78 is 0. The van der Waals surface area contributed by atoms with Gasteiger partial charge in [0.15, 0.2) is 5.16 Å². The third kappa shape index (κ3) is 4.67. The molecule has 1 atom stereocenters. The molecule has 110 valence electrons. The predicted molar refractivity (Wildman–Crippen MR) is 79.8 cm³/mol. The summed E-state index contributed by atoms with van der Waals surface area (Å²) in [6.07, 6.45) is 7.77. The summed E-state index contributed by atoms with van der Waals surface area (Å²) >= 11 is 1.27. The number of H-pyrrole nitrogens is 1. The van der Waals surface area contributed by atoms with Crippen LogP contribution in [0.3, 0.4) is 0 Å². The van der Waals surface area contributed by atoms with Gasteiger partial charge in [0, 0.05) is 18.8 Å². The molecule has 1 aromatic rings. The second-order valence-corrected chi connectivity index (χ2v) is 6.58. The number of thioether (sulfide) groups is 1. The van der Waals surface area contributed by atoms with E-state index in [1.165, 1.54) is 56.1 Å². The Balaban J connectivity index is 1.78. The second kappa shape index (κ2) is 7.47. The van der Waals surface area contributed by atoms with Crippen molar-refractivity contribution >= 4 is 17.7 Å². The topological polar surface area (TPSA) is 74.8 Å². The van der Waals surface area contributed by atoms with Crippen molar-refractivity contribution in [1.82, 2.24) is 15.3 Å². The van der Waals surface area contributed by atoms with Crippen LogP contribution in [-0.2, 0) is 4.79 Å². The Bertz CT molecular complexity index is 497. The van der Waals surface area contributed by atoms with E-state index in [-0.39, 0.29) is 16.7 Å². The number of rotatable bonds is 5. The van der Waals surface area contributed by atoms with Gasteiger partial charge in [-0.05, 0) is 25.7 Å². The molecule has 20 heavy (non-hydrogen) atoms. The molecule has 0 spiro atoms. The van der Waals surface area contributed by atoms with E-state index >= 15 is 0 Å². The number of aromatic nitrogens is 2. The molecule has 1 aliphatic rings. The monoisotopic (exact) mass is 295 g/mol. The molecule has 0 aromatic carbocycles. The third-order valence-corrected chi connectivity index (χ3v) is 4.59. The van der Waals surface area contributed by atoms with Gasteiger partial charge in [-0.2, -0.15) is 0 Å². The van der Waals surface area contributed by atoms with Gasteiger partial charge >= 0.3 is 0 Å². The molecule has 1 heterocycles. The highest BCUT2D eigenvalue weighted by Crippen LogP contribution is 2.23. The zero-order chi connectivity index (χ0) is 14.4. The quantitative estimate of drug-likeness (QED) is 0.643. The van der Waals surface area contributed by atoms with Gasteiger partial charge in [-0.25, -0.2) is 4.98 Å². The van der Waals surface area contributed by atoms with E-state index in [1.807, 2.05) is 6.92 Å². The van der Waals surface area contributed by atoms with Crippen molar-refractivity contribution < 1.29 is 4.79 Å². The van der Waals surface area contributed by atoms with Crippen LogP contribution in [0.15, 0.2) is 22.2 Å². The van der Waals surface area contributed by atoms with Crippen LogP contribution >= 0.6 is 11.8 Å². The number of hydrogen-bond acceptors (Lipinski definition) is 4. The van der Waals surface area contributed by atoms with Gasteiger partial charge in [-0.3, -0.25) is 9.59 Å². The first-order chi connectivity index (χ1) is 9.65. The molecular formula is C14H21N3O2S. The van der Waals surface area contributed by atoms with Crippen molar-refractivity contribution in [3.05, 3.63) is 22.6 Å². The number of nitrogens with one attached hydrogen (secondary N) is 2. The fourth-order valence-corrected chi connectivity index (χ4v) is 3.22. The lowest BCUT2D eigenvalue weighted by atomic mass is 9.89. The van der Waals surface area contributed by atoms with Crippen LogP contribution in [0.25, 0.3) is 0 Å². The smallest absolute Gasteiger partial charge is 0.251 e. The molecule has 0 radical (unpaired) electrons. The van der Waals surface area contributed by atoms with E-state index in [0.29, 0.717) is 11.1 Å². The lowest BCUT2D eigenvalue weighted by Gasteiger charge is -2.22. The highest BCUT2D eigenvalue weighted by Gasteiger charge is 2.18. The number of carbonyl (C=O) groups excluding carboxylic acids is 1. The number of aromatic amines is 1. The highest BCUT2D eigenvalue weighted by atomic mass is 32.2. The maximum absolute atomic E-state index is 12.0. The fourth-order valence-electron chi connectivity index (χ4n) is 2.41. The van der Waals surface area contributed by atoms with Crippen LogP contribution < -0.4 is 10.9 Å². The predicted octanol–water partition coefficient (Wildman–Crippen LogP) is 1.95. The van der Waals surface area contributed by atoms with Gasteiger partial charge in [0.1, 0.15) is 0 Å². The minimum absolute atomic E-state index is 0.00655. The molecule has 0 bridgehead atoms. The van der Waals surface area contributed by atoms with Crippen LogP contribution in [0.2, 0.25) is 0 Å². The van der Waals surface area contributed by atoms with Gasteiger partial charge in [0.05, 0.1) is 5.25 Å². The summed E-state index contributed by atoms with van der Waals surface area (Å²) in [5.74, 6) is 0.631. The lowest BCUT2D eigenvalue weighted by Crippen LogP contribution is -2.35. The molecule has 0 unspecified atom stereocenters. The van der Waals surface area contributed by atoms with Crippen molar-refractivity contribution in [3.8, 4) is 0 Å². The van der Waals surface area contributed by atoms with Crippen LogP contribution in [-0.4, -0.2) is 27.7 Å². The van der Waals surface area contributed by atoms with Crippen molar-refractivity contribution in [1.29, 1.82) is 0 Å². The number of amides is 1. The molecular weight excluding hydrogens is 274 g/mol. The Kier molecular flexibility index (Phi) is 5.64. The van der Waals surface area contributed by atoms with E-state index in [1.54, 1.807) is 0 Å². The van der Waals surface area contributed by atoms with E-state index in [2.05, 4.69) is 15.3 Å². The maximum Gasteiger partial charge on any atom is 0.251 e. The number of nitrogens with zero attached hydrogens (tertiary/aromatic N) is 1. The van der Waals surface area contributed by atoms with E-state index < -0.39 is 0 Å². The normalized spacial score (nSPS) is 17.6. The highest BCUT2D eigenvalue weighted by molar-refractivity contribution is 8.00. The minimum atomic E-state index is -0.260. The summed E-state index contributed by atoms with van der Waals surface area (Å²) in [5, 5.41) is 3.23. The Morgan fingerprint density at radius 1 is 1.50 bits per heavy atom. The van der Waals surface area contributed by atoms with E-state index in [4.69, 9.17) is 0 Å². The van der Waals surface area contributed by atoms with Gasteiger partial charge in [0.25, 0.3) is 5.56 Å². The molecule has 6 heteroatoms. The van der Waals surface area contributed by atoms with Crippen molar-refractivity contribution in [2.45, 2.75) is 49.4 Å². The summed E-state index contributed by atoms with van der Waals surface area (Å²) in [6, 6.07) is 1.36. The van der Waals surface area contributed by atoms with Crippen LogP contribution in [0.1, 0.15) is 39.0 Å². The largest absolute Gasteiger partial charge is 0.355 e. The Morgan fingerprint density at radius 3 is 2.95 bits per heavy atom. The maximum atomic E-state index is 12.0. The molecule has 1 aliphatic carbocycles. The van der Waals surface area contributed by atoms with Crippen molar-refractivity contribution in [3.63, 3.8) is 0 Å². The first kappa shape index (κ1) is 15.1. The first-order valence-electron chi connectivity index (χ1n) is 7.15. The third-order valence-electron chi connectivity index (χ3n) is 3.60. The summed E-state index contributed by atoms with van der Waals surface area (Å²) in [5.41, 5.74) is -0.197. The van der Waals surface area contributed by atoms with Crippen LogP contribution in [0.4, 0.5) is 0 Å². The van der Waals surface area contributed by atoms with Gasteiger partial charge in [0.2, 0.25) is 5.91 Å². The zero-order valence-corrected chi connectivity index (χ0v) is 12.5. The van der Waals surface area contributed by atoms with Crippen molar-refractivity contribution in [2.75, 3.05) is 6.54 Å². The molecule has 1 saturated carbocycles. The molecule has 2 N–H and O–H groups in total. The van der Waals surface area contributed by atoms with Crippen LogP contribution in [0, 0.1) is 5.92 Å². The van der Waals surface area contributed by atoms with Gasteiger partial charge < -0.3 is 10.3 Å². The summed E-state index contributed by atoms with van der Waals surface area (Å²) in [4.78, 5) is 29.8. The second-order valence-electron chi connectivity index (χ2n) is 5.25. The number of hydrogen-bond donors (Lipinski definition) is 2. The van der Waals surface area contributed by atoms with E-state index in [9.17, 15) is 9.59 Å². The molecule has 2 rings (SSSR count). The van der Waals surface area contributed by atoms with Crippen molar-refractivity contribution in [2.24, 2.45) is 5.92 Å². The zero-order valence-electron chi connectivity index (χ0n) is 11.7. The SMILES string of the molecule is C[C@@H](Sc1nccc(=O)[nH]1)C(=O)NCC1CCCCC1. The molecule has 0 saturated heterocycles. The molecule has 0 aliphatic heterocycles. The number of carbonyl (C=O) groups is 1. The fraction of sp³-hybridized carbons (Fsp3) is 0.643. The summed E-state index contributed by atoms with van der Waals surface area (Å²) in [6.45, 7) is 2.59. The molecule has 1 amide bonds. The first-order valence-corrected chi connectivity index (χ1v) is 8.03. The van der Waals surface area contributed by atoms with Gasteiger partial charge in [-0.1, -0.05) is 31.0 Å². The van der Waals surface area contributed by atoms with E-state index in [0.717, 1.165) is 6.54 Å². The van der Waals surface area contributed by atoms with Gasteiger partial charge in [-0.15, -0.1) is 0 Å². The molecule has 5 nitrogen and oxygen atoms in total. The lowest BCUT2D eigenvalue weighted by molar-refractivity contribution is -0.120. The Morgan fingerprint density at radius 2 is 2.25 bits per heavy atom. The standard InChI is InChI=1S/C14H21N3O2S/c1-10(20-14-15-8-7-12(18)17-14)13(19)16-9-11-5-3-2-4-6-11/h7-8,10-11H,2-6,9H2,1H3,(H,16,19)(H,15,17,18)/t10-/m1/s1. The Hall–Kier alpha value is -1.30. The van der Waals surface area contributed by atoms with Crippen LogP contribution in [0.5, 0.6) is 0 Å². The average Bonchev–Trinajstić information content (AvgIpc) is 2.46. The molecule has 1 aromatic heterocycles.